The van der Waals surface area contributed by atoms with Gasteiger partial charge in [0.05, 0.1) is 0 Å². The van der Waals surface area contributed by atoms with E-state index in [4.69, 9.17) is 0 Å². The highest BCUT2D eigenvalue weighted by Crippen LogP contribution is 2.53. The van der Waals surface area contributed by atoms with Crippen LogP contribution in [0, 0.1) is 23.7 Å². The lowest BCUT2D eigenvalue weighted by molar-refractivity contribution is -0.0120. The molecule has 2 aromatic rings. The zero-order chi connectivity index (χ0) is 16.1. The minimum atomic E-state index is 0.0645. The molecule has 6 rings (SSSR count). The second kappa shape index (κ2) is 5.51. The molecule has 3 heteroatoms. The molecule has 0 saturated heterocycles. The molecule has 1 heterocycles. The maximum absolute atomic E-state index is 12.7. The summed E-state index contributed by atoms with van der Waals surface area (Å²) in [4.78, 5) is 15.9. The zero-order valence-electron chi connectivity index (χ0n) is 13.9. The molecule has 0 spiro atoms. The topological polar surface area (TPSA) is 44.9 Å². The van der Waals surface area contributed by atoms with Crippen LogP contribution in [0.3, 0.4) is 0 Å². The first-order valence-electron chi connectivity index (χ1n) is 9.31. The second-order valence-electron chi connectivity index (χ2n) is 8.10. The Morgan fingerprint density at radius 2 is 1.58 bits per heavy atom. The lowest BCUT2D eigenvalue weighted by Gasteiger charge is -2.54. The van der Waals surface area contributed by atoms with Gasteiger partial charge in [-0.15, -0.1) is 0 Å². The van der Waals surface area contributed by atoms with Crippen LogP contribution in [0.15, 0.2) is 42.6 Å². The summed E-state index contributed by atoms with van der Waals surface area (Å²) in [6.07, 6.45) is 8.71. The number of carbonyl (C=O) groups is 1. The summed E-state index contributed by atoms with van der Waals surface area (Å²) in [5.41, 5.74) is 2.90. The van der Waals surface area contributed by atoms with Gasteiger partial charge in [-0.25, -0.2) is 0 Å². The fourth-order valence-corrected chi connectivity index (χ4v) is 5.71. The Hall–Kier alpha value is -2.03. The van der Waals surface area contributed by atoms with E-state index in [9.17, 15) is 4.79 Å². The minimum Gasteiger partial charge on any atom is -0.357 e. The van der Waals surface area contributed by atoms with Crippen molar-refractivity contribution >= 4 is 5.91 Å². The van der Waals surface area contributed by atoms with E-state index >= 15 is 0 Å². The number of benzene rings is 1. The Kier molecular flexibility index (Phi) is 3.29. The molecular formula is C21H24N2O. The molecule has 0 aliphatic heterocycles. The summed E-state index contributed by atoms with van der Waals surface area (Å²) in [5.74, 6) is 3.38. The van der Waals surface area contributed by atoms with Crippen LogP contribution in [0.1, 0.15) is 42.6 Å². The SMILES string of the molecule is O=C(NC1C2CC3CC(C2)CC1C3)c1cc(-c2ccccc2)c[nH]1. The largest absolute Gasteiger partial charge is 0.357 e. The van der Waals surface area contributed by atoms with Gasteiger partial charge in [-0.2, -0.15) is 0 Å². The quantitative estimate of drug-likeness (QED) is 0.873. The fraction of sp³-hybridized carbons (Fsp3) is 0.476. The molecule has 1 aromatic heterocycles. The van der Waals surface area contributed by atoms with E-state index in [-0.39, 0.29) is 5.91 Å². The van der Waals surface area contributed by atoms with E-state index < -0.39 is 0 Å². The van der Waals surface area contributed by atoms with Crippen LogP contribution in [0.25, 0.3) is 11.1 Å². The Bertz CT molecular complexity index is 720. The van der Waals surface area contributed by atoms with Crippen LogP contribution in [-0.2, 0) is 0 Å². The van der Waals surface area contributed by atoms with Crippen molar-refractivity contribution in [1.29, 1.82) is 0 Å². The lowest BCUT2D eigenvalue weighted by Crippen LogP contribution is -2.55. The highest BCUT2D eigenvalue weighted by Gasteiger charge is 2.48. The summed E-state index contributed by atoms with van der Waals surface area (Å²) in [7, 11) is 0. The van der Waals surface area contributed by atoms with E-state index in [2.05, 4.69) is 22.4 Å². The first-order valence-corrected chi connectivity index (χ1v) is 9.31. The highest BCUT2D eigenvalue weighted by molar-refractivity contribution is 5.94. The number of carbonyl (C=O) groups excluding carboxylic acids is 1. The normalized spacial score (nSPS) is 33.6. The van der Waals surface area contributed by atoms with Crippen LogP contribution in [0.2, 0.25) is 0 Å². The Morgan fingerprint density at radius 1 is 0.917 bits per heavy atom. The molecule has 2 N–H and O–H groups in total. The third kappa shape index (κ3) is 2.38. The van der Waals surface area contributed by atoms with Crippen molar-refractivity contribution in [2.75, 3.05) is 0 Å². The summed E-state index contributed by atoms with van der Waals surface area (Å²) >= 11 is 0. The summed E-state index contributed by atoms with van der Waals surface area (Å²) in [5, 5.41) is 3.37. The van der Waals surface area contributed by atoms with Crippen molar-refractivity contribution in [3.05, 3.63) is 48.3 Å². The van der Waals surface area contributed by atoms with Gasteiger partial charge in [0.1, 0.15) is 5.69 Å². The van der Waals surface area contributed by atoms with Crippen molar-refractivity contribution in [3.8, 4) is 11.1 Å². The summed E-state index contributed by atoms with van der Waals surface area (Å²) < 4.78 is 0. The number of nitrogens with one attached hydrogen (secondary N) is 2. The predicted octanol–water partition coefficient (Wildman–Crippen LogP) is 4.24. The van der Waals surface area contributed by atoms with Gasteiger partial charge in [-0.3, -0.25) is 4.79 Å². The third-order valence-electron chi connectivity index (χ3n) is 6.56. The fourth-order valence-electron chi connectivity index (χ4n) is 5.71. The molecule has 1 aromatic carbocycles. The maximum Gasteiger partial charge on any atom is 0.267 e. The summed E-state index contributed by atoms with van der Waals surface area (Å²) in [6.45, 7) is 0. The van der Waals surface area contributed by atoms with E-state index in [1.807, 2.05) is 30.5 Å². The molecule has 0 radical (unpaired) electrons. The number of hydrogen-bond donors (Lipinski definition) is 2. The number of rotatable bonds is 3. The Balaban J connectivity index is 1.32. The smallest absolute Gasteiger partial charge is 0.267 e. The standard InChI is InChI=1S/C21H24N2O/c24-21(19-11-18(12-22-19)15-4-2-1-3-5-15)23-20-16-7-13-6-14(9-16)10-17(20)8-13/h1-5,11-14,16-17,20,22H,6-10H2,(H,23,24). The van der Waals surface area contributed by atoms with E-state index in [1.54, 1.807) is 0 Å². The average molecular weight is 320 g/mol. The van der Waals surface area contributed by atoms with Gasteiger partial charge >= 0.3 is 0 Å². The number of aromatic nitrogens is 1. The van der Waals surface area contributed by atoms with Crippen molar-refractivity contribution in [2.24, 2.45) is 23.7 Å². The van der Waals surface area contributed by atoms with Crippen molar-refractivity contribution in [1.82, 2.24) is 10.3 Å². The van der Waals surface area contributed by atoms with Gasteiger partial charge in [0.15, 0.2) is 0 Å². The van der Waals surface area contributed by atoms with Crippen molar-refractivity contribution < 1.29 is 4.79 Å². The highest BCUT2D eigenvalue weighted by atomic mass is 16.1. The Morgan fingerprint density at radius 3 is 2.25 bits per heavy atom. The molecule has 124 valence electrons. The summed E-state index contributed by atoms with van der Waals surface area (Å²) in [6, 6.07) is 12.6. The lowest BCUT2D eigenvalue weighted by atomic mass is 9.54. The molecule has 0 unspecified atom stereocenters. The molecule has 0 atom stereocenters. The van der Waals surface area contributed by atoms with E-state index in [0.717, 1.165) is 23.0 Å². The number of H-pyrrole nitrogens is 1. The molecule has 3 nitrogen and oxygen atoms in total. The van der Waals surface area contributed by atoms with Gasteiger partial charge in [-0.1, -0.05) is 30.3 Å². The molecule has 4 saturated carbocycles. The van der Waals surface area contributed by atoms with Crippen LogP contribution in [0.5, 0.6) is 0 Å². The van der Waals surface area contributed by atoms with Crippen LogP contribution >= 0.6 is 0 Å². The number of aromatic amines is 1. The van der Waals surface area contributed by atoms with Crippen LogP contribution < -0.4 is 5.32 Å². The van der Waals surface area contributed by atoms with E-state index in [0.29, 0.717) is 23.6 Å². The van der Waals surface area contributed by atoms with Gasteiger partial charge in [0.25, 0.3) is 5.91 Å². The monoisotopic (exact) mass is 320 g/mol. The first-order chi connectivity index (χ1) is 11.8. The van der Waals surface area contributed by atoms with Gasteiger partial charge in [0.2, 0.25) is 0 Å². The molecule has 4 aliphatic carbocycles. The number of amides is 1. The molecular weight excluding hydrogens is 296 g/mol. The molecule has 4 fully saturated rings. The predicted molar refractivity (Wildman–Crippen MR) is 94.5 cm³/mol. The van der Waals surface area contributed by atoms with Crippen molar-refractivity contribution in [2.45, 2.75) is 38.1 Å². The molecule has 4 bridgehead atoms. The van der Waals surface area contributed by atoms with Crippen LogP contribution in [-0.4, -0.2) is 16.9 Å². The van der Waals surface area contributed by atoms with Crippen LogP contribution in [0.4, 0.5) is 0 Å². The van der Waals surface area contributed by atoms with Gasteiger partial charge in [-0.05, 0) is 73.0 Å². The molecule has 24 heavy (non-hydrogen) atoms. The third-order valence-corrected chi connectivity index (χ3v) is 6.56. The maximum atomic E-state index is 12.7. The molecule has 1 amide bonds. The Labute approximate surface area is 142 Å². The first kappa shape index (κ1) is 14.3. The van der Waals surface area contributed by atoms with E-state index in [1.165, 1.54) is 32.1 Å². The van der Waals surface area contributed by atoms with Gasteiger partial charge < -0.3 is 10.3 Å². The average Bonchev–Trinajstić information content (AvgIpc) is 3.08. The number of hydrogen-bond acceptors (Lipinski definition) is 1. The van der Waals surface area contributed by atoms with Gasteiger partial charge in [0, 0.05) is 12.2 Å². The van der Waals surface area contributed by atoms with Crippen molar-refractivity contribution in [3.63, 3.8) is 0 Å². The minimum absolute atomic E-state index is 0.0645. The molecule has 4 aliphatic rings. The second-order valence-corrected chi connectivity index (χ2v) is 8.10. The zero-order valence-corrected chi connectivity index (χ0v) is 13.9.